The molecule has 148 valence electrons. The number of hydrogen-bond acceptors (Lipinski definition) is 5. The van der Waals surface area contributed by atoms with E-state index in [0.717, 1.165) is 40.9 Å². The van der Waals surface area contributed by atoms with Gasteiger partial charge in [-0.2, -0.15) is 0 Å². The molecule has 2 aromatic rings. The van der Waals surface area contributed by atoms with Gasteiger partial charge in [0.1, 0.15) is 6.61 Å². The van der Waals surface area contributed by atoms with Gasteiger partial charge in [-0.1, -0.05) is 39.7 Å². The zero-order valence-electron chi connectivity index (χ0n) is 15.4. The Morgan fingerprint density at radius 1 is 1.11 bits per heavy atom. The maximum absolute atomic E-state index is 8.76. The van der Waals surface area contributed by atoms with Gasteiger partial charge in [-0.3, -0.25) is 0 Å². The molecule has 0 aliphatic rings. The number of nitrogens with one attached hydrogen (secondary N) is 2. The molecule has 2 aromatic carbocycles. The maximum Gasteiger partial charge on any atom is 0.167 e. The molecule has 0 atom stereocenters. The van der Waals surface area contributed by atoms with Crippen molar-refractivity contribution in [3.05, 3.63) is 57.0 Å². The first-order valence-corrected chi connectivity index (χ1v) is 10.1. The Morgan fingerprint density at radius 3 is 2.67 bits per heavy atom. The molecule has 0 spiro atoms. The van der Waals surface area contributed by atoms with E-state index in [0.29, 0.717) is 30.5 Å². The normalized spacial score (nSPS) is 10.8. The predicted molar refractivity (Wildman–Crippen MR) is 113 cm³/mol. The molecule has 0 radical (unpaired) electrons. The molecular weight excluding hydrogens is 432 g/mol. The highest BCUT2D eigenvalue weighted by Gasteiger charge is 2.14. The van der Waals surface area contributed by atoms with E-state index in [1.165, 1.54) is 0 Å². The van der Waals surface area contributed by atoms with Gasteiger partial charge in [0.05, 0.1) is 13.7 Å². The topological polar surface area (TPSA) is 62.8 Å². The Bertz CT molecular complexity index is 716. The summed E-state index contributed by atoms with van der Waals surface area (Å²) in [5.41, 5.74) is 2.01. The van der Waals surface area contributed by atoms with Crippen LogP contribution in [-0.4, -0.2) is 38.5 Å². The summed E-state index contributed by atoms with van der Waals surface area (Å²) < 4.78 is 12.6. The monoisotopic (exact) mass is 456 g/mol. The number of rotatable bonds is 12. The number of hydrogen-bond donors (Lipinski definition) is 3. The second-order valence-electron chi connectivity index (χ2n) is 5.98. The van der Waals surface area contributed by atoms with Gasteiger partial charge in [-0.25, -0.2) is 0 Å². The van der Waals surface area contributed by atoms with Crippen molar-refractivity contribution in [3.63, 3.8) is 0 Å². The molecule has 5 nitrogen and oxygen atoms in total. The fourth-order valence-corrected chi connectivity index (χ4v) is 3.27. The third-order valence-electron chi connectivity index (χ3n) is 3.96. The van der Waals surface area contributed by atoms with Crippen LogP contribution in [0.2, 0.25) is 5.02 Å². The quantitative estimate of drug-likeness (QED) is 0.424. The van der Waals surface area contributed by atoms with E-state index in [4.69, 9.17) is 26.2 Å². The molecule has 27 heavy (non-hydrogen) atoms. The minimum absolute atomic E-state index is 0.164. The standard InChI is InChI=1S/C20H26BrClN2O3/c1-26-19-7-6-18(21)17(13-24-9-3-8-23-10-11-25)20(19)27-14-15-4-2-5-16(22)12-15/h2,4-7,12,23-25H,3,8-11,13-14H2,1H3. The molecule has 2 rings (SSSR count). The highest BCUT2D eigenvalue weighted by atomic mass is 79.9. The zero-order chi connectivity index (χ0) is 19.5. The molecule has 0 unspecified atom stereocenters. The third kappa shape index (κ3) is 7.31. The van der Waals surface area contributed by atoms with Gasteiger partial charge >= 0.3 is 0 Å². The van der Waals surface area contributed by atoms with Crippen LogP contribution in [-0.2, 0) is 13.2 Å². The largest absolute Gasteiger partial charge is 0.493 e. The van der Waals surface area contributed by atoms with Crippen LogP contribution in [0.5, 0.6) is 11.5 Å². The van der Waals surface area contributed by atoms with Crippen molar-refractivity contribution in [1.29, 1.82) is 0 Å². The lowest BCUT2D eigenvalue weighted by molar-refractivity contribution is 0.280. The van der Waals surface area contributed by atoms with E-state index in [1.807, 2.05) is 36.4 Å². The van der Waals surface area contributed by atoms with E-state index >= 15 is 0 Å². The molecule has 0 amide bonds. The fraction of sp³-hybridized carbons (Fsp3) is 0.400. The van der Waals surface area contributed by atoms with E-state index in [1.54, 1.807) is 7.11 Å². The van der Waals surface area contributed by atoms with E-state index in [-0.39, 0.29) is 6.61 Å². The average molecular weight is 458 g/mol. The summed E-state index contributed by atoms with van der Waals surface area (Å²) in [6.45, 7) is 3.58. The summed E-state index contributed by atoms with van der Waals surface area (Å²) in [7, 11) is 1.64. The first-order valence-electron chi connectivity index (χ1n) is 8.90. The molecule has 0 aliphatic heterocycles. The summed E-state index contributed by atoms with van der Waals surface area (Å²) in [6, 6.07) is 11.5. The Morgan fingerprint density at radius 2 is 1.93 bits per heavy atom. The number of benzene rings is 2. The second kappa shape index (κ2) is 12.2. The van der Waals surface area contributed by atoms with Crippen molar-refractivity contribution < 1.29 is 14.6 Å². The van der Waals surface area contributed by atoms with Crippen molar-refractivity contribution in [2.45, 2.75) is 19.6 Å². The van der Waals surface area contributed by atoms with Crippen LogP contribution in [0.25, 0.3) is 0 Å². The summed E-state index contributed by atoms with van der Waals surface area (Å²) >= 11 is 9.67. The fourth-order valence-electron chi connectivity index (χ4n) is 2.60. The van der Waals surface area contributed by atoms with Gasteiger partial charge in [0.15, 0.2) is 11.5 Å². The molecular formula is C20H26BrClN2O3. The van der Waals surface area contributed by atoms with Crippen LogP contribution in [0, 0.1) is 0 Å². The van der Waals surface area contributed by atoms with Crippen LogP contribution < -0.4 is 20.1 Å². The van der Waals surface area contributed by atoms with Crippen molar-refractivity contribution in [2.75, 3.05) is 33.4 Å². The molecule has 0 bridgehead atoms. The van der Waals surface area contributed by atoms with Gasteiger partial charge in [0.2, 0.25) is 0 Å². The molecule has 0 saturated carbocycles. The van der Waals surface area contributed by atoms with Crippen molar-refractivity contribution in [2.24, 2.45) is 0 Å². The van der Waals surface area contributed by atoms with Gasteiger partial charge in [-0.05, 0) is 49.3 Å². The Kier molecular flexibility index (Phi) is 9.94. The lowest BCUT2D eigenvalue weighted by Gasteiger charge is -2.17. The van der Waals surface area contributed by atoms with E-state index in [2.05, 4.69) is 26.6 Å². The second-order valence-corrected chi connectivity index (χ2v) is 7.27. The minimum Gasteiger partial charge on any atom is -0.493 e. The maximum atomic E-state index is 8.76. The molecule has 7 heteroatoms. The predicted octanol–water partition coefficient (Wildman–Crippen LogP) is 3.75. The molecule has 3 N–H and O–H groups in total. The van der Waals surface area contributed by atoms with Crippen LogP contribution in [0.15, 0.2) is 40.9 Å². The molecule has 0 aliphatic carbocycles. The van der Waals surface area contributed by atoms with E-state index < -0.39 is 0 Å². The van der Waals surface area contributed by atoms with Gasteiger partial charge < -0.3 is 25.2 Å². The number of aliphatic hydroxyl groups excluding tert-OH is 1. The van der Waals surface area contributed by atoms with E-state index in [9.17, 15) is 0 Å². The van der Waals surface area contributed by atoms with Crippen molar-refractivity contribution >= 4 is 27.5 Å². The van der Waals surface area contributed by atoms with Gasteiger partial charge in [-0.15, -0.1) is 0 Å². The van der Waals surface area contributed by atoms with Gasteiger partial charge in [0.25, 0.3) is 0 Å². The highest BCUT2D eigenvalue weighted by Crippen LogP contribution is 2.36. The summed E-state index contributed by atoms with van der Waals surface area (Å²) in [5.74, 6) is 1.42. The van der Waals surface area contributed by atoms with Crippen LogP contribution >= 0.6 is 27.5 Å². The number of methoxy groups -OCH3 is 1. The van der Waals surface area contributed by atoms with Crippen LogP contribution in [0.4, 0.5) is 0 Å². The Hall–Kier alpha value is -1.31. The molecule has 0 saturated heterocycles. The van der Waals surface area contributed by atoms with Crippen LogP contribution in [0.1, 0.15) is 17.5 Å². The summed E-state index contributed by atoms with van der Waals surface area (Å²) in [4.78, 5) is 0. The average Bonchev–Trinajstić information content (AvgIpc) is 2.67. The van der Waals surface area contributed by atoms with Gasteiger partial charge in [0, 0.05) is 28.1 Å². The first kappa shape index (κ1) is 22.0. The third-order valence-corrected chi connectivity index (χ3v) is 4.93. The minimum atomic E-state index is 0.164. The van der Waals surface area contributed by atoms with Crippen LogP contribution in [0.3, 0.4) is 0 Å². The summed E-state index contributed by atoms with van der Waals surface area (Å²) in [6.07, 6.45) is 0.973. The number of halogens is 2. The van der Waals surface area contributed by atoms with Crippen molar-refractivity contribution in [3.8, 4) is 11.5 Å². The smallest absolute Gasteiger partial charge is 0.167 e. The highest BCUT2D eigenvalue weighted by molar-refractivity contribution is 9.10. The number of aliphatic hydroxyl groups is 1. The first-order chi connectivity index (χ1) is 13.2. The summed E-state index contributed by atoms with van der Waals surface area (Å²) in [5, 5.41) is 16.0. The molecule has 0 heterocycles. The Labute approximate surface area is 174 Å². The van der Waals surface area contributed by atoms with Crippen molar-refractivity contribution in [1.82, 2.24) is 10.6 Å². The SMILES string of the molecule is COc1ccc(Br)c(CNCCCNCCO)c1OCc1cccc(Cl)c1. The number of ether oxygens (including phenoxy) is 2. The molecule has 0 fully saturated rings. The lowest BCUT2D eigenvalue weighted by atomic mass is 10.1. The molecule has 0 aromatic heterocycles. The lowest BCUT2D eigenvalue weighted by Crippen LogP contribution is -2.24. The Balaban J connectivity index is 2.00. The zero-order valence-corrected chi connectivity index (χ0v) is 17.8.